The average molecular weight is 289 g/mol. The summed E-state index contributed by atoms with van der Waals surface area (Å²) in [4.78, 5) is 11.1. The van der Waals surface area contributed by atoms with Gasteiger partial charge in [0.2, 0.25) is 0 Å². The van der Waals surface area contributed by atoms with E-state index in [1.807, 2.05) is 0 Å². The van der Waals surface area contributed by atoms with Gasteiger partial charge in [0.1, 0.15) is 11.3 Å². The third-order valence-electron chi connectivity index (χ3n) is 2.71. The number of ether oxygens (including phenoxy) is 1. The van der Waals surface area contributed by atoms with Crippen molar-refractivity contribution in [3.05, 3.63) is 58.7 Å². The summed E-state index contributed by atoms with van der Waals surface area (Å²) in [5.41, 5.74) is 0.258. The van der Waals surface area contributed by atoms with E-state index in [0.29, 0.717) is 5.56 Å². The molecular weight excluding hydrogens is 280 g/mol. The first kappa shape index (κ1) is 14.5. The van der Waals surface area contributed by atoms with E-state index in [4.69, 9.17) is 15.1 Å². The maximum Gasteiger partial charge on any atom is 0.339 e. The molecule has 21 heavy (non-hydrogen) atoms. The van der Waals surface area contributed by atoms with Crippen LogP contribution in [0.3, 0.4) is 0 Å². The van der Waals surface area contributed by atoms with Crippen molar-refractivity contribution in [1.82, 2.24) is 0 Å². The third kappa shape index (κ3) is 2.98. The number of hydrogen-bond donors (Lipinski definition) is 1. The Morgan fingerprint density at radius 3 is 2.38 bits per heavy atom. The van der Waals surface area contributed by atoms with E-state index >= 15 is 0 Å². The predicted octanol–water partition coefficient (Wildman–Crippen LogP) is 3.64. The molecule has 0 aliphatic rings. The fourth-order valence-corrected chi connectivity index (χ4v) is 1.72. The number of benzene rings is 2. The Morgan fingerprint density at radius 2 is 1.86 bits per heavy atom. The van der Waals surface area contributed by atoms with Crippen LogP contribution in [0, 0.1) is 29.9 Å². The molecule has 2 aromatic rings. The minimum Gasteiger partial charge on any atom is -0.478 e. The highest BCUT2D eigenvalue weighted by atomic mass is 19.1. The van der Waals surface area contributed by atoms with Crippen molar-refractivity contribution in [2.45, 2.75) is 6.92 Å². The molecule has 0 saturated carbocycles. The molecule has 0 atom stereocenters. The highest BCUT2D eigenvalue weighted by molar-refractivity contribution is 5.91. The molecule has 6 heteroatoms. The van der Waals surface area contributed by atoms with Crippen LogP contribution in [0.4, 0.5) is 8.78 Å². The van der Waals surface area contributed by atoms with Gasteiger partial charge in [0, 0.05) is 0 Å². The number of aryl methyl sites for hydroxylation is 1. The van der Waals surface area contributed by atoms with Crippen molar-refractivity contribution in [2.75, 3.05) is 0 Å². The average Bonchev–Trinajstić information content (AvgIpc) is 2.42. The zero-order valence-electron chi connectivity index (χ0n) is 10.9. The fraction of sp³-hybridized carbons (Fsp3) is 0.0667. The summed E-state index contributed by atoms with van der Waals surface area (Å²) in [7, 11) is 0. The standard InChI is InChI=1S/C15H9F2NO3/c1-8-2-3-10(15(19)20)13(4-8)21-14-11(16)5-9(7-18)6-12(14)17/h2-6H,1H3,(H,19,20). The Kier molecular flexibility index (Phi) is 3.85. The third-order valence-corrected chi connectivity index (χ3v) is 2.71. The number of nitrogens with zero attached hydrogens (tertiary/aromatic N) is 1. The number of nitriles is 1. The second-order valence-electron chi connectivity index (χ2n) is 4.29. The molecule has 0 amide bonds. The van der Waals surface area contributed by atoms with E-state index in [9.17, 15) is 13.6 Å². The Labute approximate surface area is 118 Å². The van der Waals surface area contributed by atoms with Gasteiger partial charge >= 0.3 is 5.97 Å². The maximum atomic E-state index is 13.8. The molecule has 0 aliphatic heterocycles. The minimum absolute atomic E-state index is 0.176. The number of rotatable bonds is 3. The van der Waals surface area contributed by atoms with Gasteiger partial charge in [-0.15, -0.1) is 0 Å². The van der Waals surface area contributed by atoms with Gasteiger partial charge in [-0.2, -0.15) is 5.26 Å². The lowest BCUT2D eigenvalue weighted by Gasteiger charge is -2.11. The van der Waals surface area contributed by atoms with Crippen LogP contribution in [0.15, 0.2) is 30.3 Å². The highest BCUT2D eigenvalue weighted by Crippen LogP contribution is 2.31. The van der Waals surface area contributed by atoms with Gasteiger partial charge in [-0.1, -0.05) is 6.07 Å². The molecular formula is C15H9F2NO3. The van der Waals surface area contributed by atoms with Crippen LogP contribution in [-0.2, 0) is 0 Å². The summed E-state index contributed by atoms with van der Waals surface area (Å²) in [6.07, 6.45) is 0. The molecule has 2 aromatic carbocycles. The summed E-state index contributed by atoms with van der Waals surface area (Å²) in [6, 6.07) is 7.43. The maximum absolute atomic E-state index is 13.8. The van der Waals surface area contributed by atoms with Crippen LogP contribution in [0.5, 0.6) is 11.5 Å². The first-order valence-electron chi connectivity index (χ1n) is 5.83. The van der Waals surface area contributed by atoms with Crippen LogP contribution >= 0.6 is 0 Å². The first-order valence-corrected chi connectivity index (χ1v) is 5.83. The Balaban J connectivity index is 2.51. The Hall–Kier alpha value is -2.94. The normalized spacial score (nSPS) is 10.0. The van der Waals surface area contributed by atoms with E-state index in [1.165, 1.54) is 12.1 Å². The van der Waals surface area contributed by atoms with Crippen molar-refractivity contribution in [3.8, 4) is 17.6 Å². The molecule has 0 radical (unpaired) electrons. The van der Waals surface area contributed by atoms with Crippen LogP contribution in [0.25, 0.3) is 0 Å². The summed E-state index contributed by atoms with van der Waals surface area (Å²) in [5, 5.41) is 17.7. The van der Waals surface area contributed by atoms with Gasteiger partial charge in [0.05, 0.1) is 11.6 Å². The number of carboxylic acid groups (broad SMARTS) is 1. The van der Waals surface area contributed by atoms with E-state index in [0.717, 1.165) is 12.1 Å². The number of aromatic carboxylic acids is 1. The van der Waals surface area contributed by atoms with E-state index < -0.39 is 23.4 Å². The summed E-state index contributed by atoms with van der Waals surface area (Å²) >= 11 is 0. The molecule has 0 heterocycles. The smallest absolute Gasteiger partial charge is 0.339 e. The van der Waals surface area contributed by atoms with Gasteiger partial charge in [-0.3, -0.25) is 0 Å². The second-order valence-corrected chi connectivity index (χ2v) is 4.29. The molecule has 0 bridgehead atoms. The Morgan fingerprint density at radius 1 is 1.24 bits per heavy atom. The topological polar surface area (TPSA) is 70.3 Å². The fourth-order valence-electron chi connectivity index (χ4n) is 1.72. The lowest BCUT2D eigenvalue weighted by atomic mass is 10.1. The molecule has 0 aliphatic carbocycles. The van der Waals surface area contributed by atoms with E-state index in [-0.39, 0.29) is 16.9 Å². The van der Waals surface area contributed by atoms with Crippen molar-refractivity contribution < 1.29 is 23.4 Å². The van der Waals surface area contributed by atoms with Crippen LogP contribution < -0.4 is 4.74 Å². The largest absolute Gasteiger partial charge is 0.478 e. The predicted molar refractivity (Wildman–Crippen MR) is 69.3 cm³/mol. The molecule has 0 spiro atoms. The molecule has 0 saturated heterocycles. The lowest BCUT2D eigenvalue weighted by Crippen LogP contribution is -2.02. The molecule has 0 unspecified atom stereocenters. The van der Waals surface area contributed by atoms with Gasteiger partial charge in [0.25, 0.3) is 0 Å². The van der Waals surface area contributed by atoms with Gasteiger partial charge in [-0.25, -0.2) is 13.6 Å². The lowest BCUT2D eigenvalue weighted by molar-refractivity contribution is 0.0694. The van der Waals surface area contributed by atoms with Crippen LogP contribution in [0.1, 0.15) is 21.5 Å². The SMILES string of the molecule is Cc1ccc(C(=O)O)c(Oc2c(F)cc(C#N)cc2F)c1. The van der Waals surface area contributed by atoms with Crippen molar-refractivity contribution in [3.63, 3.8) is 0 Å². The number of carboxylic acids is 1. The quantitative estimate of drug-likeness (QED) is 0.936. The highest BCUT2D eigenvalue weighted by Gasteiger charge is 2.18. The van der Waals surface area contributed by atoms with Crippen molar-refractivity contribution in [2.24, 2.45) is 0 Å². The molecule has 4 nitrogen and oxygen atoms in total. The molecule has 2 rings (SSSR count). The summed E-state index contributed by atoms with van der Waals surface area (Å²) < 4.78 is 32.6. The number of carbonyl (C=O) groups is 1. The minimum atomic E-state index is -1.28. The van der Waals surface area contributed by atoms with E-state index in [1.54, 1.807) is 19.1 Å². The van der Waals surface area contributed by atoms with Crippen molar-refractivity contribution in [1.29, 1.82) is 5.26 Å². The molecule has 106 valence electrons. The van der Waals surface area contributed by atoms with E-state index in [2.05, 4.69) is 0 Å². The van der Waals surface area contributed by atoms with Gasteiger partial charge in [-0.05, 0) is 36.8 Å². The molecule has 1 N–H and O–H groups in total. The van der Waals surface area contributed by atoms with Crippen LogP contribution in [-0.4, -0.2) is 11.1 Å². The van der Waals surface area contributed by atoms with Crippen molar-refractivity contribution >= 4 is 5.97 Å². The zero-order valence-corrected chi connectivity index (χ0v) is 10.9. The molecule has 0 aromatic heterocycles. The number of hydrogen-bond acceptors (Lipinski definition) is 3. The van der Waals surface area contributed by atoms with Gasteiger partial charge in [0.15, 0.2) is 17.4 Å². The van der Waals surface area contributed by atoms with Crippen LogP contribution in [0.2, 0.25) is 0 Å². The zero-order chi connectivity index (χ0) is 15.6. The number of halogens is 2. The summed E-state index contributed by atoms with van der Waals surface area (Å²) in [5.74, 6) is -4.36. The monoisotopic (exact) mass is 289 g/mol. The van der Waals surface area contributed by atoms with Gasteiger partial charge < -0.3 is 9.84 Å². The second kappa shape index (κ2) is 5.59. The first-order chi connectivity index (χ1) is 9.92. The molecule has 0 fully saturated rings. The summed E-state index contributed by atoms with van der Waals surface area (Å²) in [6.45, 7) is 1.68. The Bertz CT molecular complexity index is 743.